The van der Waals surface area contributed by atoms with E-state index in [1.165, 1.54) is 11.4 Å². The van der Waals surface area contributed by atoms with Crippen LogP contribution in [0.15, 0.2) is 40.6 Å². The highest BCUT2D eigenvalue weighted by Crippen LogP contribution is 2.19. The van der Waals surface area contributed by atoms with Crippen LogP contribution in [-0.2, 0) is 16.6 Å². The van der Waals surface area contributed by atoms with Crippen molar-refractivity contribution in [2.75, 3.05) is 0 Å². The van der Waals surface area contributed by atoms with E-state index < -0.39 is 15.9 Å². The molecule has 0 aliphatic rings. The zero-order valence-electron chi connectivity index (χ0n) is 10.8. The van der Waals surface area contributed by atoms with Crippen molar-refractivity contribution >= 4 is 27.3 Å². The summed E-state index contributed by atoms with van der Waals surface area (Å²) in [6.45, 7) is 2.16. The van der Waals surface area contributed by atoms with Gasteiger partial charge >= 0.3 is 0 Å². The Balaban J connectivity index is 2.10. The Morgan fingerprint density at radius 3 is 2.50 bits per heavy atom. The molecule has 7 heteroatoms. The summed E-state index contributed by atoms with van der Waals surface area (Å²) in [6, 6.07) is 8.84. The average Bonchev–Trinajstić information content (AvgIpc) is 2.89. The molecule has 0 atom stereocenters. The van der Waals surface area contributed by atoms with E-state index in [0.717, 1.165) is 22.5 Å². The van der Waals surface area contributed by atoms with E-state index in [4.69, 9.17) is 5.73 Å². The molecule has 1 heterocycles. The molecule has 0 saturated carbocycles. The molecule has 0 radical (unpaired) electrons. The Kier molecular flexibility index (Phi) is 4.22. The van der Waals surface area contributed by atoms with Gasteiger partial charge in [-0.15, -0.1) is 11.3 Å². The Morgan fingerprint density at radius 1 is 1.30 bits per heavy atom. The third kappa shape index (κ3) is 3.44. The van der Waals surface area contributed by atoms with Crippen LogP contribution in [0.3, 0.4) is 0 Å². The molecule has 0 saturated heterocycles. The normalized spacial score (nSPS) is 11.4. The molecule has 1 aromatic carbocycles. The first kappa shape index (κ1) is 14.7. The monoisotopic (exact) mass is 310 g/mol. The maximum absolute atomic E-state index is 12.1. The van der Waals surface area contributed by atoms with Gasteiger partial charge in [-0.1, -0.05) is 29.8 Å². The smallest absolute Gasteiger partial charge is 0.258 e. The molecule has 106 valence electrons. The van der Waals surface area contributed by atoms with E-state index in [1.54, 1.807) is 0 Å². The highest BCUT2D eigenvalue weighted by molar-refractivity contribution is 7.89. The Labute approximate surface area is 121 Å². The van der Waals surface area contributed by atoms with E-state index in [9.17, 15) is 13.2 Å². The van der Waals surface area contributed by atoms with Crippen LogP contribution in [0.25, 0.3) is 0 Å². The van der Waals surface area contributed by atoms with Gasteiger partial charge in [-0.3, -0.25) is 4.79 Å². The van der Waals surface area contributed by atoms with Crippen LogP contribution < -0.4 is 10.5 Å². The van der Waals surface area contributed by atoms with Gasteiger partial charge in [0.1, 0.15) is 0 Å². The van der Waals surface area contributed by atoms with E-state index in [-0.39, 0.29) is 16.3 Å². The number of carbonyl (C=O) groups is 1. The third-order valence-corrected chi connectivity index (χ3v) is 5.19. The molecule has 2 aromatic rings. The molecule has 3 N–H and O–H groups in total. The van der Waals surface area contributed by atoms with E-state index in [2.05, 4.69) is 4.72 Å². The van der Waals surface area contributed by atoms with Gasteiger partial charge in [-0.25, -0.2) is 13.1 Å². The maximum atomic E-state index is 12.1. The molecule has 0 aliphatic heterocycles. The lowest BCUT2D eigenvalue weighted by Crippen LogP contribution is -2.22. The van der Waals surface area contributed by atoms with Crippen LogP contribution in [0.1, 0.15) is 20.8 Å². The molecule has 0 aliphatic carbocycles. The van der Waals surface area contributed by atoms with Crippen molar-refractivity contribution in [3.63, 3.8) is 0 Å². The summed E-state index contributed by atoms with van der Waals surface area (Å²) < 4.78 is 26.6. The number of nitrogens with one attached hydrogen (secondary N) is 1. The van der Waals surface area contributed by atoms with Gasteiger partial charge in [-0.05, 0) is 18.6 Å². The van der Waals surface area contributed by atoms with Crippen LogP contribution in [0.2, 0.25) is 0 Å². The minimum absolute atomic E-state index is 0.0587. The molecule has 20 heavy (non-hydrogen) atoms. The van der Waals surface area contributed by atoms with Gasteiger partial charge in [-0.2, -0.15) is 0 Å². The predicted molar refractivity (Wildman–Crippen MR) is 78.0 cm³/mol. The first-order valence-electron chi connectivity index (χ1n) is 5.82. The number of aryl methyl sites for hydroxylation is 1. The predicted octanol–water partition coefficient (Wildman–Crippen LogP) is 1.63. The lowest BCUT2D eigenvalue weighted by atomic mass is 10.2. The van der Waals surface area contributed by atoms with Gasteiger partial charge in [0.15, 0.2) is 0 Å². The molecule has 0 bridgehead atoms. The molecule has 0 fully saturated rings. The van der Waals surface area contributed by atoms with Crippen LogP contribution >= 0.6 is 11.3 Å². The van der Waals surface area contributed by atoms with Crippen molar-refractivity contribution in [2.45, 2.75) is 18.4 Å². The molecule has 0 unspecified atom stereocenters. The summed E-state index contributed by atoms with van der Waals surface area (Å²) in [5.74, 6) is -0.630. The van der Waals surface area contributed by atoms with Crippen molar-refractivity contribution in [2.24, 2.45) is 5.73 Å². The van der Waals surface area contributed by atoms with Crippen LogP contribution in [0.5, 0.6) is 0 Å². The fraction of sp³-hybridized carbons (Fsp3) is 0.154. The molecule has 1 amide bonds. The SMILES string of the molecule is Cc1ccc(CNS(=O)(=O)c2csc(C(N)=O)c2)cc1. The fourth-order valence-corrected chi connectivity index (χ4v) is 3.70. The minimum atomic E-state index is -3.63. The van der Waals surface area contributed by atoms with Gasteiger partial charge in [0.2, 0.25) is 10.0 Å². The summed E-state index contributed by atoms with van der Waals surface area (Å²) in [5, 5.41) is 1.40. The summed E-state index contributed by atoms with van der Waals surface area (Å²) in [4.78, 5) is 11.3. The van der Waals surface area contributed by atoms with E-state index in [1.807, 2.05) is 31.2 Å². The minimum Gasteiger partial charge on any atom is -0.365 e. The first-order chi connectivity index (χ1) is 9.38. The number of hydrogen-bond donors (Lipinski definition) is 2. The molecular formula is C13H14N2O3S2. The fourth-order valence-electron chi connectivity index (χ4n) is 1.56. The van der Waals surface area contributed by atoms with Gasteiger partial charge in [0, 0.05) is 11.9 Å². The van der Waals surface area contributed by atoms with Crippen molar-refractivity contribution < 1.29 is 13.2 Å². The standard InChI is InChI=1S/C13H14N2O3S2/c1-9-2-4-10(5-3-9)7-15-20(17,18)11-6-12(13(14)16)19-8-11/h2-6,8,15H,7H2,1H3,(H2,14,16). The number of benzene rings is 1. The second-order valence-electron chi connectivity index (χ2n) is 4.32. The van der Waals surface area contributed by atoms with Crippen molar-refractivity contribution in [1.29, 1.82) is 0 Å². The zero-order valence-corrected chi connectivity index (χ0v) is 12.4. The van der Waals surface area contributed by atoms with E-state index >= 15 is 0 Å². The number of sulfonamides is 1. The van der Waals surface area contributed by atoms with Gasteiger partial charge < -0.3 is 5.73 Å². The summed E-state index contributed by atoms with van der Waals surface area (Å²) in [7, 11) is -3.63. The molecular weight excluding hydrogens is 296 g/mol. The Morgan fingerprint density at radius 2 is 1.95 bits per heavy atom. The van der Waals surface area contributed by atoms with Crippen molar-refractivity contribution in [3.8, 4) is 0 Å². The summed E-state index contributed by atoms with van der Waals surface area (Å²) in [6.07, 6.45) is 0. The Hall–Kier alpha value is -1.70. The number of thiophene rings is 1. The average molecular weight is 310 g/mol. The highest BCUT2D eigenvalue weighted by atomic mass is 32.2. The molecule has 2 rings (SSSR count). The largest absolute Gasteiger partial charge is 0.365 e. The first-order valence-corrected chi connectivity index (χ1v) is 8.18. The second kappa shape index (κ2) is 5.74. The topological polar surface area (TPSA) is 89.3 Å². The van der Waals surface area contributed by atoms with Gasteiger partial charge in [0.05, 0.1) is 9.77 Å². The van der Waals surface area contributed by atoms with Crippen LogP contribution in [-0.4, -0.2) is 14.3 Å². The number of hydrogen-bond acceptors (Lipinski definition) is 4. The van der Waals surface area contributed by atoms with Crippen molar-refractivity contribution in [3.05, 3.63) is 51.7 Å². The maximum Gasteiger partial charge on any atom is 0.258 e. The third-order valence-electron chi connectivity index (χ3n) is 2.72. The Bertz CT molecular complexity index is 718. The van der Waals surface area contributed by atoms with E-state index in [0.29, 0.717) is 0 Å². The highest BCUT2D eigenvalue weighted by Gasteiger charge is 2.17. The van der Waals surface area contributed by atoms with Crippen molar-refractivity contribution in [1.82, 2.24) is 4.72 Å². The number of rotatable bonds is 5. The zero-order chi connectivity index (χ0) is 14.8. The molecule has 0 spiro atoms. The molecule has 1 aromatic heterocycles. The summed E-state index contributed by atoms with van der Waals surface area (Å²) in [5.41, 5.74) is 7.08. The second-order valence-corrected chi connectivity index (χ2v) is 7.00. The molecule has 5 nitrogen and oxygen atoms in total. The van der Waals surface area contributed by atoms with Gasteiger partial charge in [0.25, 0.3) is 5.91 Å². The number of carbonyl (C=O) groups excluding carboxylic acids is 1. The lowest BCUT2D eigenvalue weighted by Gasteiger charge is -2.05. The van der Waals surface area contributed by atoms with Crippen LogP contribution in [0.4, 0.5) is 0 Å². The number of primary amides is 1. The quantitative estimate of drug-likeness (QED) is 0.879. The van der Waals surface area contributed by atoms with Crippen LogP contribution in [0, 0.1) is 6.92 Å². The lowest BCUT2D eigenvalue weighted by molar-refractivity contribution is 0.100. The number of amides is 1. The number of nitrogens with two attached hydrogens (primary N) is 1. The summed E-state index contributed by atoms with van der Waals surface area (Å²) >= 11 is 1.01.